The Kier molecular flexibility index (Phi) is 4.47. The molecule has 0 aliphatic heterocycles. The van der Waals surface area contributed by atoms with E-state index in [0.717, 1.165) is 24.4 Å². The topological polar surface area (TPSA) is 50.9 Å². The molecule has 0 saturated heterocycles. The van der Waals surface area contributed by atoms with Crippen molar-refractivity contribution < 1.29 is 5.11 Å². The molecule has 0 radical (unpaired) electrons. The third-order valence-electron chi connectivity index (χ3n) is 2.96. The number of benzene rings is 1. The summed E-state index contributed by atoms with van der Waals surface area (Å²) in [5, 5.41) is 17.6. The van der Waals surface area contributed by atoms with Gasteiger partial charge in [-0.05, 0) is 18.6 Å². The fourth-order valence-electron chi connectivity index (χ4n) is 2.03. The SMILES string of the molecule is CCCCCc1nnc(CO)n1-c1ccccc1. The highest BCUT2D eigenvalue weighted by Crippen LogP contribution is 2.15. The normalized spacial score (nSPS) is 10.8. The Labute approximate surface area is 107 Å². The average molecular weight is 245 g/mol. The summed E-state index contributed by atoms with van der Waals surface area (Å²) in [6.45, 7) is 2.09. The van der Waals surface area contributed by atoms with Gasteiger partial charge >= 0.3 is 0 Å². The molecule has 0 bridgehead atoms. The molecule has 1 aromatic carbocycles. The second kappa shape index (κ2) is 6.31. The molecule has 0 saturated carbocycles. The minimum atomic E-state index is -0.0876. The van der Waals surface area contributed by atoms with Gasteiger partial charge < -0.3 is 5.11 Å². The molecule has 1 heterocycles. The zero-order valence-electron chi connectivity index (χ0n) is 10.7. The number of hydrogen-bond acceptors (Lipinski definition) is 3. The molecule has 2 rings (SSSR count). The molecule has 0 aliphatic rings. The van der Waals surface area contributed by atoms with Crippen LogP contribution in [0.15, 0.2) is 30.3 Å². The Morgan fingerprint density at radius 3 is 2.44 bits per heavy atom. The standard InChI is InChI=1S/C14H19N3O/c1-2-3-5-10-13-15-16-14(11-18)17(13)12-8-6-4-7-9-12/h4,6-9,18H,2-3,5,10-11H2,1H3. The van der Waals surface area contributed by atoms with E-state index in [1.165, 1.54) is 12.8 Å². The fraction of sp³-hybridized carbons (Fsp3) is 0.429. The van der Waals surface area contributed by atoms with Crippen molar-refractivity contribution in [1.82, 2.24) is 14.8 Å². The van der Waals surface area contributed by atoms with Crippen molar-refractivity contribution in [1.29, 1.82) is 0 Å². The van der Waals surface area contributed by atoms with Crippen molar-refractivity contribution in [3.63, 3.8) is 0 Å². The minimum absolute atomic E-state index is 0.0876. The molecule has 0 amide bonds. The van der Waals surface area contributed by atoms with Crippen LogP contribution in [0.4, 0.5) is 0 Å². The first-order valence-electron chi connectivity index (χ1n) is 6.46. The van der Waals surface area contributed by atoms with Gasteiger partial charge in [0.15, 0.2) is 5.82 Å². The van der Waals surface area contributed by atoms with Gasteiger partial charge in [-0.25, -0.2) is 0 Å². The lowest BCUT2D eigenvalue weighted by molar-refractivity contribution is 0.268. The number of aryl methyl sites for hydroxylation is 1. The first-order valence-corrected chi connectivity index (χ1v) is 6.46. The zero-order chi connectivity index (χ0) is 12.8. The molecule has 4 heteroatoms. The van der Waals surface area contributed by atoms with Gasteiger partial charge in [0, 0.05) is 12.1 Å². The summed E-state index contributed by atoms with van der Waals surface area (Å²) in [6, 6.07) is 9.94. The Bertz CT molecular complexity index is 479. The first-order chi connectivity index (χ1) is 8.86. The van der Waals surface area contributed by atoms with E-state index in [-0.39, 0.29) is 6.61 Å². The maximum Gasteiger partial charge on any atom is 0.163 e. The summed E-state index contributed by atoms with van der Waals surface area (Å²) in [5.41, 5.74) is 1.01. The molecule has 1 aromatic heterocycles. The molecule has 0 spiro atoms. The van der Waals surface area contributed by atoms with Crippen LogP contribution in [-0.4, -0.2) is 19.9 Å². The number of aliphatic hydroxyl groups is 1. The van der Waals surface area contributed by atoms with Gasteiger partial charge in [-0.2, -0.15) is 0 Å². The van der Waals surface area contributed by atoms with Gasteiger partial charge in [0.2, 0.25) is 0 Å². The Balaban J connectivity index is 2.28. The van der Waals surface area contributed by atoms with Gasteiger partial charge in [-0.3, -0.25) is 4.57 Å². The maximum absolute atomic E-state index is 9.34. The number of aromatic nitrogens is 3. The minimum Gasteiger partial charge on any atom is -0.388 e. The van der Waals surface area contributed by atoms with E-state index in [1.807, 2.05) is 34.9 Å². The lowest BCUT2D eigenvalue weighted by Crippen LogP contribution is -2.05. The third kappa shape index (κ3) is 2.76. The van der Waals surface area contributed by atoms with Gasteiger partial charge in [0.05, 0.1) is 0 Å². The highest BCUT2D eigenvalue weighted by Gasteiger charge is 2.12. The molecule has 0 fully saturated rings. The highest BCUT2D eigenvalue weighted by atomic mass is 16.3. The van der Waals surface area contributed by atoms with Crippen LogP contribution >= 0.6 is 0 Å². The summed E-state index contributed by atoms with van der Waals surface area (Å²) in [6.07, 6.45) is 4.38. The monoisotopic (exact) mass is 245 g/mol. The van der Waals surface area contributed by atoms with Crippen molar-refractivity contribution in [2.75, 3.05) is 0 Å². The molecule has 0 unspecified atom stereocenters. The van der Waals surface area contributed by atoms with Crippen LogP contribution in [0.25, 0.3) is 5.69 Å². The summed E-state index contributed by atoms with van der Waals surface area (Å²) >= 11 is 0. The largest absolute Gasteiger partial charge is 0.388 e. The van der Waals surface area contributed by atoms with E-state index in [2.05, 4.69) is 17.1 Å². The quantitative estimate of drug-likeness (QED) is 0.795. The summed E-state index contributed by atoms with van der Waals surface area (Å²) in [4.78, 5) is 0. The van der Waals surface area contributed by atoms with Crippen molar-refractivity contribution in [2.45, 2.75) is 39.2 Å². The molecule has 96 valence electrons. The Morgan fingerprint density at radius 1 is 1.06 bits per heavy atom. The number of unbranched alkanes of at least 4 members (excludes halogenated alkanes) is 2. The van der Waals surface area contributed by atoms with Crippen LogP contribution in [0.1, 0.15) is 37.8 Å². The molecule has 4 nitrogen and oxygen atoms in total. The molecule has 1 N–H and O–H groups in total. The number of hydrogen-bond donors (Lipinski definition) is 1. The predicted octanol–water partition coefficient (Wildman–Crippen LogP) is 2.49. The maximum atomic E-state index is 9.34. The van der Waals surface area contributed by atoms with Gasteiger partial charge in [-0.15, -0.1) is 10.2 Å². The number of aliphatic hydroxyl groups excluding tert-OH is 1. The van der Waals surface area contributed by atoms with Crippen LogP contribution in [0, 0.1) is 0 Å². The predicted molar refractivity (Wildman–Crippen MR) is 70.5 cm³/mol. The number of nitrogens with zero attached hydrogens (tertiary/aromatic N) is 3. The summed E-state index contributed by atoms with van der Waals surface area (Å²) < 4.78 is 1.95. The highest BCUT2D eigenvalue weighted by molar-refractivity contribution is 5.33. The lowest BCUT2D eigenvalue weighted by atomic mass is 10.2. The van der Waals surface area contributed by atoms with Crippen LogP contribution < -0.4 is 0 Å². The smallest absolute Gasteiger partial charge is 0.163 e. The van der Waals surface area contributed by atoms with Crippen molar-refractivity contribution >= 4 is 0 Å². The lowest BCUT2D eigenvalue weighted by Gasteiger charge is -2.08. The van der Waals surface area contributed by atoms with Crippen LogP contribution in [0.5, 0.6) is 0 Å². The average Bonchev–Trinajstić information content (AvgIpc) is 2.83. The first kappa shape index (κ1) is 12.8. The van der Waals surface area contributed by atoms with Crippen molar-refractivity contribution in [3.05, 3.63) is 42.0 Å². The van der Waals surface area contributed by atoms with E-state index in [9.17, 15) is 5.11 Å². The molecular formula is C14H19N3O. The van der Waals surface area contributed by atoms with Gasteiger partial charge in [-0.1, -0.05) is 38.0 Å². The van der Waals surface area contributed by atoms with Gasteiger partial charge in [0.1, 0.15) is 12.4 Å². The Hall–Kier alpha value is -1.68. The van der Waals surface area contributed by atoms with Crippen LogP contribution in [0.3, 0.4) is 0 Å². The van der Waals surface area contributed by atoms with E-state index in [1.54, 1.807) is 0 Å². The Morgan fingerprint density at radius 2 is 1.78 bits per heavy atom. The van der Waals surface area contributed by atoms with Gasteiger partial charge in [0.25, 0.3) is 0 Å². The fourth-order valence-corrected chi connectivity index (χ4v) is 2.03. The number of rotatable bonds is 6. The molecule has 0 atom stereocenters. The molecular weight excluding hydrogens is 226 g/mol. The summed E-state index contributed by atoms with van der Waals surface area (Å²) in [5.74, 6) is 1.53. The van der Waals surface area contributed by atoms with E-state index < -0.39 is 0 Å². The van der Waals surface area contributed by atoms with Crippen molar-refractivity contribution in [2.24, 2.45) is 0 Å². The van der Waals surface area contributed by atoms with E-state index in [4.69, 9.17) is 0 Å². The van der Waals surface area contributed by atoms with Crippen molar-refractivity contribution in [3.8, 4) is 5.69 Å². The molecule has 18 heavy (non-hydrogen) atoms. The zero-order valence-corrected chi connectivity index (χ0v) is 10.7. The molecule has 0 aliphatic carbocycles. The number of para-hydroxylation sites is 1. The second-order valence-corrected chi connectivity index (χ2v) is 4.32. The molecule has 2 aromatic rings. The van der Waals surface area contributed by atoms with Crippen LogP contribution in [-0.2, 0) is 13.0 Å². The van der Waals surface area contributed by atoms with E-state index >= 15 is 0 Å². The van der Waals surface area contributed by atoms with E-state index in [0.29, 0.717) is 5.82 Å². The summed E-state index contributed by atoms with van der Waals surface area (Å²) in [7, 11) is 0. The van der Waals surface area contributed by atoms with Crippen LogP contribution in [0.2, 0.25) is 0 Å². The second-order valence-electron chi connectivity index (χ2n) is 4.32. The third-order valence-corrected chi connectivity index (χ3v) is 2.96.